The minimum atomic E-state index is -0.763. The molecule has 4 nitrogen and oxygen atoms in total. The van der Waals surface area contributed by atoms with Crippen molar-refractivity contribution in [2.24, 2.45) is 0 Å². The van der Waals surface area contributed by atoms with Crippen LogP contribution in [0.15, 0.2) is 30.3 Å². The van der Waals surface area contributed by atoms with Crippen molar-refractivity contribution in [3.63, 3.8) is 0 Å². The van der Waals surface area contributed by atoms with E-state index >= 15 is 0 Å². The number of benzene rings is 2. The van der Waals surface area contributed by atoms with Gasteiger partial charge in [0.05, 0.1) is 0 Å². The van der Waals surface area contributed by atoms with E-state index in [1.807, 2.05) is 34.6 Å². The molecule has 23 heavy (non-hydrogen) atoms. The second-order valence-corrected chi connectivity index (χ2v) is 7.41. The van der Waals surface area contributed by atoms with Gasteiger partial charge in [0.2, 0.25) is 5.75 Å². The molecule has 2 rings (SSSR count). The lowest BCUT2D eigenvalue weighted by Gasteiger charge is -2.31. The molecule has 4 heteroatoms. The van der Waals surface area contributed by atoms with Crippen LogP contribution in [-0.4, -0.2) is 20.4 Å². The smallest absolute Gasteiger partial charge is 0.200 e. The van der Waals surface area contributed by atoms with E-state index in [0.717, 1.165) is 0 Å². The predicted octanol–water partition coefficient (Wildman–Crippen LogP) is 4.13. The molecule has 0 bridgehead atoms. The average Bonchev–Trinajstić information content (AvgIpc) is 2.43. The van der Waals surface area contributed by atoms with Crippen LogP contribution in [0, 0.1) is 0 Å². The molecule has 0 aliphatic rings. The number of hydrogen-bond acceptors (Lipinski definition) is 4. The van der Waals surface area contributed by atoms with Crippen LogP contribution in [-0.2, 0) is 10.8 Å². The summed E-state index contributed by atoms with van der Waals surface area (Å²) in [6.07, 6.45) is 0. The summed E-state index contributed by atoms with van der Waals surface area (Å²) in [5.74, 6) is -1.10. The maximum absolute atomic E-state index is 10.4. The van der Waals surface area contributed by atoms with Gasteiger partial charge in [-0.15, -0.1) is 0 Å². The molecule has 2 aromatic rings. The van der Waals surface area contributed by atoms with E-state index < -0.39 is 16.6 Å². The van der Waals surface area contributed by atoms with Crippen molar-refractivity contribution in [3.05, 3.63) is 47.0 Å². The summed E-state index contributed by atoms with van der Waals surface area (Å²) in [6, 6.07) is 8.58. The zero-order valence-corrected chi connectivity index (χ0v) is 14.2. The van der Waals surface area contributed by atoms with Crippen molar-refractivity contribution in [1.82, 2.24) is 0 Å². The second kappa shape index (κ2) is 5.37. The highest BCUT2D eigenvalue weighted by molar-refractivity contribution is 5.63. The Kier molecular flexibility index (Phi) is 3.97. The maximum Gasteiger partial charge on any atom is 0.200 e. The Morgan fingerprint density at radius 1 is 0.652 bits per heavy atom. The molecule has 0 saturated heterocycles. The van der Waals surface area contributed by atoms with Crippen LogP contribution in [0.3, 0.4) is 0 Å². The summed E-state index contributed by atoms with van der Waals surface area (Å²) >= 11 is 0. The fraction of sp³-hybridized carbons (Fsp3) is 0.368. The molecule has 0 heterocycles. The van der Waals surface area contributed by atoms with Crippen LogP contribution in [0.1, 0.15) is 51.3 Å². The van der Waals surface area contributed by atoms with Crippen molar-refractivity contribution in [2.45, 2.75) is 45.4 Å². The molecule has 0 aliphatic carbocycles. The van der Waals surface area contributed by atoms with Crippen LogP contribution < -0.4 is 0 Å². The van der Waals surface area contributed by atoms with Gasteiger partial charge in [0.25, 0.3) is 0 Å². The number of phenolic OH excluding ortho intramolecular Hbond substituents is 4. The van der Waals surface area contributed by atoms with Crippen molar-refractivity contribution >= 4 is 0 Å². The minimum absolute atomic E-state index is 0.113. The van der Waals surface area contributed by atoms with E-state index in [4.69, 9.17) is 0 Å². The van der Waals surface area contributed by atoms with Crippen molar-refractivity contribution in [3.8, 4) is 23.0 Å². The van der Waals surface area contributed by atoms with Crippen LogP contribution in [0.5, 0.6) is 23.0 Å². The number of phenols is 4. The average molecular weight is 316 g/mol. The number of aromatic hydroxyl groups is 4. The Labute approximate surface area is 136 Å². The van der Waals surface area contributed by atoms with E-state index in [1.54, 1.807) is 30.3 Å². The highest BCUT2D eigenvalue weighted by atomic mass is 16.3. The summed E-state index contributed by atoms with van der Waals surface area (Å²) in [5, 5.41) is 40.8. The van der Waals surface area contributed by atoms with Gasteiger partial charge in [-0.2, -0.15) is 0 Å². The molecule has 0 aliphatic heterocycles. The highest BCUT2D eigenvalue weighted by Gasteiger charge is 2.34. The number of rotatable bonds is 2. The SMILES string of the molecule is CC(C)(C)c1cc(C(C)(C)c2ccccc2O)c(O)c(O)c1O. The molecule has 0 fully saturated rings. The summed E-state index contributed by atoms with van der Waals surface area (Å²) in [7, 11) is 0. The summed E-state index contributed by atoms with van der Waals surface area (Å²) < 4.78 is 0. The lowest BCUT2D eigenvalue weighted by atomic mass is 9.74. The fourth-order valence-corrected chi connectivity index (χ4v) is 2.84. The normalized spacial score (nSPS) is 12.4. The van der Waals surface area contributed by atoms with Crippen LogP contribution >= 0.6 is 0 Å². The van der Waals surface area contributed by atoms with Crippen LogP contribution in [0.4, 0.5) is 0 Å². The Balaban J connectivity index is 2.77. The quantitative estimate of drug-likeness (QED) is 0.628. The number of hydrogen-bond donors (Lipinski definition) is 4. The van der Waals surface area contributed by atoms with E-state index in [0.29, 0.717) is 16.7 Å². The van der Waals surface area contributed by atoms with Crippen molar-refractivity contribution < 1.29 is 20.4 Å². The van der Waals surface area contributed by atoms with Crippen molar-refractivity contribution in [1.29, 1.82) is 0 Å². The first-order chi connectivity index (χ1) is 10.5. The van der Waals surface area contributed by atoms with Crippen LogP contribution in [0.2, 0.25) is 0 Å². The summed E-state index contributed by atoms with van der Waals surface area (Å²) in [4.78, 5) is 0. The molecular formula is C19H24O4. The topological polar surface area (TPSA) is 80.9 Å². The monoisotopic (exact) mass is 316 g/mol. The Hall–Kier alpha value is -2.36. The van der Waals surface area contributed by atoms with E-state index in [1.165, 1.54) is 0 Å². The van der Waals surface area contributed by atoms with E-state index in [9.17, 15) is 20.4 Å². The predicted molar refractivity (Wildman–Crippen MR) is 90.4 cm³/mol. The molecular weight excluding hydrogens is 292 g/mol. The third-order valence-electron chi connectivity index (χ3n) is 4.31. The first kappa shape index (κ1) is 17.0. The zero-order valence-electron chi connectivity index (χ0n) is 14.2. The highest BCUT2D eigenvalue weighted by Crippen LogP contribution is 2.50. The summed E-state index contributed by atoms with van der Waals surface area (Å²) in [5.41, 5.74) is 0.421. The minimum Gasteiger partial charge on any atom is -0.508 e. The lowest BCUT2D eigenvalue weighted by Crippen LogP contribution is -2.21. The molecule has 4 N–H and O–H groups in total. The fourth-order valence-electron chi connectivity index (χ4n) is 2.84. The molecule has 0 saturated carbocycles. The van der Waals surface area contributed by atoms with Gasteiger partial charge in [0.1, 0.15) is 5.75 Å². The van der Waals surface area contributed by atoms with Gasteiger partial charge in [0.15, 0.2) is 11.5 Å². The molecule has 0 unspecified atom stereocenters. The van der Waals surface area contributed by atoms with Gasteiger partial charge in [-0.05, 0) is 17.5 Å². The molecule has 2 aromatic carbocycles. The van der Waals surface area contributed by atoms with Gasteiger partial charge < -0.3 is 20.4 Å². The van der Waals surface area contributed by atoms with Crippen molar-refractivity contribution in [2.75, 3.05) is 0 Å². The van der Waals surface area contributed by atoms with E-state index in [2.05, 4.69) is 0 Å². The lowest BCUT2D eigenvalue weighted by molar-refractivity contribution is 0.351. The Morgan fingerprint density at radius 3 is 1.70 bits per heavy atom. The first-order valence-corrected chi connectivity index (χ1v) is 7.55. The standard InChI is InChI=1S/C19H24O4/c1-18(2,3)12-10-13(16(22)17(23)15(12)21)19(4,5)11-8-6-7-9-14(11)20/h6-10,20-23H,1-5H3. The van der Waals surface area contributed by atoms with Gasteiger partial charge >= 0.3 is 0 Å². The first-order valence-electron chi connectivity index (χ1n) is 7.55. The molecule has 0 spiro atoms. The largest absolute Gasteiger partial charge is 0.508 e. The van der Waals surface area contributed by atoms with Crippen LogP contribution in [0.25, 0.3) is 0 Å². The Morgan fingerprint density at radius 2 is 1.17 bits per heavy atom. The maximum atomic E-state index is 10.4. The van der Waals surface area contributed by atoms with Gasteiger partial charge in [-0.25, -0.2) is 0 Å². The molecule has 0 amide bonds. The van der Waals surface area contributed by atoms with Gasteiger partial charge in [-0.1, -0.05) is 52.8 Å². The second-order valence-electron chi connectivity index (χ2n) is 7.41. The molecule has 0 radical (unpaired) electrons. The van der Waals surface area contributed by atoms with Gasteiger partial charge in [0, 0.05) is 22.1 Å². The van der Waals surface area contributed by atoms with Gasteiger partial charge in [-0.3, -0.25) is 0 Å². The Bertz CT molecular complexity index is 740. The third kappa shape index (κ3) is 2.81. The zero-order chi connectivity index (χ0) is 17.6. The number of para-hydroxylation sites is 1. The molecule has 124 valence electrons. The summed E-state index contributed by atoms with van der Waals surface area (Å²) in [6.45, 7) is 9.43. The third-order valence-corrected chi connectivity index (χ3v) is 4.31. The molecule has 0 aromatic heterocycles. The molecule has 0 atom stereocenters. The van der Waals surface area contributed by atoms with E-state index in [-0.39, 0.29) is 17.2 Å².